The molecule has 218 valence electrons. The first-order valence-electron chi connectivity index (χ1n) is 13.0. The molecule has 0 fully saturated rings. The van der Waals surface area contributed by atoms with Gasteiger partial charge in [-0.2, -0.15) is 4.31 Å². The molecule has 42 heavy (non-hydrogen) atoms. The number of hydrogen-bond donors (Lipinski definition) is 1. The molecule has 9 nitrogen and oxygen atoms in total. The van der Waals surface area contributed by atoms with Gasteiger partial charge in [-0.25, -0.2) is 13.2 Å². The van der Waals surface area contributed by atoms with Crippen LogP contribution in [0, 0.1) is 6.92 Å². The second kappa shape index (κ2) is 13.4. The number of Topliss-reactive ketones (excluding diaryl/α,β-unsaturated/α-hetero) is 1. The molecule has 0 aliphatic heterocycles. The SMILES string of the molecule is COc1ccc(C(=O)CN(CC(O)c2ccc(OC(=O)c3ccccc3)cc2)S(=O)(=O)c2ccc(C)cc2)cc1OC. The first kappa shape index (κ1) is 30.4. The van der Waals surface area contributed by atoms with E-state index in [9.17, 15) is 23.1 Å². The maximum atomic E-state index is 13.7. The highest BCUT2D eigenvalue weighted by atomic mass is 32.2. The van der Waals surface area contributed by atoms with E-state index in [0.717, 1.165) is 9.87 Å². The number of aliphatic hydroxyl groups excluding tert-OH is 1. The van der Waals surface area contributed by atoms with Gasteiger partial charge in [-0.1, -0.05) is 48.0 Å². The number of hydrogen-bond acceptors (Lipinski definition) is 8. The van der Waals surface area contributed by atoms with E-state index in [-0.39, 0.29) is 16.2 Å². The van der Waals surface area contributed by atoms with Crippen molar-refractivity contribution in [3.05, 3.63) is 119 Å². The lowest BCUT2D eigenvalue weighted by Gasteiger charge is -2.25. The minimum Gasteiger partial charge on any atom is -0.493 e. The Hall–Kier alpha value is -4.51. The Bertz CT molecular complexity index is 1640. The Labute approximate surface area is 245 Å². The molecule has 0 bridgehead atoms. The first-order chi connectivity index (χ1) is 20.1. The number of ether oxygens (including phenoxy) is 3. The standard InChI is InChI=1S/C32H31NO8S/c1-22-9-16-27(17-10-22)42(37,38)33(21-29(35)25-13-18-30(39-2)31(19-25)40-3)20-28(34)23-11-14-26(15-12-23)41-32(36)24-7-5-4-6-8-24/h4-19,28,34H,20-21H2,1-3H3. The van der Waals surface area contributed by atoms with E-state index < -0.39 is 41.0 Å². The molecule has 4 aromatic carbocycles. The Kier molecular flexibility index (Phi) is 9.74. The molecular formula is C32H31NO8S. The molecule has 4 rings (SSSR count). The third kappa shape index (κ3) is 7.22. The largest absolute Gasteiger partial charge is 0.493 e. The van der Waals surface area contributed by atoms with E-state index in [1.54, 1.807) is 48.5 Å². The van der Waals surface area contributed by atoms with Crippen molar-refractivity contribution in [1.29, 1.82) is 0 Å². The summed E-state index contributed by atoms with van der Waals surface area (Å²) in [5, 5.41) is 11.1. The summed E-state index contributed by atoms with van der Waals surface area (Å²) < 4.78 is 44.2. The number of rotatable bonds is 12. The predicted molar refractivity (Wildman–Crippen MR) is 157 cm³/mol. The van der Waals surface area contributed by atoms with E-state index in [4.69, 9.17) is 14.2 Å². The van der Waals surface area contributed by atoms with Gasteiger partial charge in [-0.3, -0.25) is 4.79 Å². The smallest absolute Gasteiger partial charge is 0.343 e. The summed E-state index contributed by atoms with van der Waals surface area (Å²) in [4.78, 5) is 25.6. The molecule has 4 aromatic rings. The number of carbonyl (C=O) groups is 2. The van der Waals surface area contributed by atoms with E-state index in [1.165, 1.54) is 62.8 Å². The highest BCUT2D eigenvalue weighted by Crippen LogP contribution is 2.29. The quantitative estimate of drug-likeness (QED) is 0.142. The second-order valence-corrected chi connectivity index (χ2v) is 11.4. The van der Waals surface area contributed by atoms with Gasteiger partial charge >= 0.3 is 5.97 Å². The highest BCUT2D eigenvalue weighted by molar-refractivity contribution is 7.89. The van der Waals surface area contributed by atoms with Gasteiger partial charge in [-0.15, -0.1) is 0 Å². The molecule has 1 atom stereocenters. The molecular weight excluding hydrogens is 558 g/mol. The van der Waals surface area contributed by atoms with Crippen LogP contribution >= 0.6 is 0 Å². The molecule has 1 N–H and O–H groups in total. The number of aryl methyl sites for hydroxylation is 1. The fraction of sp³-hybridized carbons (Fsp3) is 0.188. The van der Waals surface area contributed by atoms with Crippen molar-refractivity contribution < 1.29 is 37.3 Å². The molecule has 0 aromatic heterocycles. The van der Waals surface area contributed by atoms with Crippen LogP contribution < -0.4 is 14.2 Å². The van der Waals surface area contributed by atoms with Crippen LogP contribution in [0.15, 0.2) is 102 Å². The van der Waals surface area contributed by atoms with Crippen molar-refractivity contribution in [2.75, 3.05) is 27.3 Å². The summed E-state index contributed by atoms with van der Waals surface area (Å²) >= 11 is 0. The summed E-state index contributed by atoms with van der Waals surface area (Å²) in [7, 11) is -1.28. The average molecular weight is 590 g/mol. The van der Waals surface area contributed by atoms with Gasteiger partial charge in [0.2, 0.25) is 10.0 Å². The van der Waals surface area contributed by atoms with Crippen LogP contribution in [0.5, 0.6) is 17.2 Å². The number of benzene rings is 4. The molecule has 0 saturated carbocycles. The second-order valence-electron chi connectivity index (χ2n) is 9.44. The van der Waals surface area contributed by atoms with Crippen molar-refractivity contribution in [1.82, 2.24) is 4.31 Å². The predicted octanol–water partition coefficient (Wildman–Crippen LogP) is 4.84. The van der Waals surface area contributed by atoms with Crippen LogP contribution in [-0.2, 0) is 10.0 Å². The van der Waals surface area contributed by atoms with Crippen molar-refractivity contribution in [2.24, 2.45) is 0 Å². The monoisotopic (exact) mass is 589 g/mol. The summed E-state index contributed by atoms with van der Waals surface area (Å²) in [6, 6.07) is 25.4. The Balaban J connectivity index is 1.56. The number of sulfonamides is 1. The van der Waals surface area contributed by atoms with Gasteiger partial charge in [0.1, 0.15) is 5.75 Å². The molecule has 0 heterocycles. The van der Waals surface area contributed by atoms with Crippen molar-refractivity contribution in [3.63, 3.8) is 0 Å². The number of methoxy groups -OCH3 is 2. The van der Waals surface area contributed by atoms with Crippen LogP contribution in [0.3, 0.4) is 0 Å². The van der Waals surface area contributed by atoms with E-state index in [1.807, 2.05) is 6.92 Å². The molecule has 0 spiro atoms. The average Bonchev–Trinajstić information content (AvgIpc) is 3.01. The maximum absolute atomic E-state index is 13.7. The van der Waals surface area contributed by atoms with Crippen LogP contribution in [-0.4, -0.2) is 56.9 Å². The molecule has 10 heteroatoms. The van der Waals surface area contributed by atoms with Crippen molar-refractivity contribution >= 4 is 21.8 Å². The molecule has 0 amide bonds. The van der Waals surface area contributed by atoms with Crippen molar-refractivity contribution in [3.8, 4) is 17.2 Å². The normalized spacial score (nSPS) is 12.0. The zero-order valence-electron chi connectivity index (χ0n) is 23.4. The van der Waals surface area contributed by atoms with Crippen LogP contribution in [0.25, 0.3) is 0 Å². The highest BCUT2D eigenvalue weighted by Gasteiger charge is 2.30. The summed E-state index contributed by atoms with van der Waals surface area (Å²) in [5.41, 5.74) is 1.85. The zero-order chi connectivity index (χ0) is 30.3. The van der Waals surface area contributed by atoms with Crippen LogP contribution in [0.1, 0.15) is 37.9 Å². The van der Waals surface area contributed by atoms with E-state index >= 15 is 0 Å². The van der Waals surface area contributed by atoms with E-state index in [2.05, 4.69) is 0 Å². The lowest BCUT2D eigenvalue weighted by molar-refractivity contribution is 0.0734. The number of nitrogens with zero attached hydrogens (tertiary/aromatic N) is 1. The maximum Gasteiger partial charge on any atom is 0.343 e. The number of aliphatic hydroxyl groups is 1. The lowest BCUT2D eigenvalue weighted by atomic mass is 10.1. The molecule has 1 unspecified atom stereocenters. The number of carbonyl (C=O) groups excluding carboxylic acids is 2. The number of ketones is 1. The summed E-state index contributed by atoms with van der Waals surface area (Å²) in [5.74, 6) is -0.0293. The molecule has 0 aliphatic rings. The van der Waals surface area contributed by atoms with Gasteiger partial charge in [0, 0.05) is 12.1 Å². The van der Waals surface area contributed by atoms with Gasteiger partial charge in [0.25, 0.3) is 0 Å². The molecule has 0 aliphatic carbocycles. The fourth-order valence-electron chi connectivity index (χ4n) is 4.16. The zero-order valence-corrected chi connectivity index (χ0v) is 24.2. The van der Waals surface area contributed by atoms with Gasteiger partial charge in [0.05, 0.1) is 37.3 Å². The third-order valence-corrected chi connectivity index (χ3v) is 8.37. The number of esters is 1. The fourth-order valence-corrected chi connectivity index (χ4v) is 5.57. The topological polar surface area (TPSA) is 119 Å². The lowest BCUT2D eigenvalue weighted by Crippen LogP contribution is -2.38. The Morgan fingerprint density at radius 1 is 0.810 bits per heavy atom. The van der Waals surface area contributed by atoms with Gasteiger partial charge < -0.3 is 19.3 Å². The Morgan fingerprint density at radius 2 is 1.45 bits per heavy atom. The van der Waals surface area contributed by atoms with E-state index in [0.29, 0.717) is 22.6 Å². The minimum atomic E-state index is -4.18. The van der Waals surface area contributed by atoms with Crippen LogP contribution in [0.2, 0.25) is 0 Å². The minimum absolute atomic E-state index is 0.0106. The van der Waals surface area contributed by atoms with Gasteiger partial charge in [-0.05, 0) is 67.1 Å². The van der Waals surface area contributed by atoms with Crippen LogP contribution in [0.4, 0.5) is 0 Å². The molecule has 0 saturated heterocycles. The summed E-state index contributed by atoms with van der Waals surface area (Å²) in [6.45, 7) is 0.896. The first-order valence-corrected chi connectivity index (χ1v) is 14.4. The molecule has 0 radical (unpaired) electrons. The third-order valence-electron chi connectivity index (χ3n) is 6.55. The van der Waals surface area contributed by atoms with Gasteiger partial charge in [0.15, 0.2) is 17.3 Å². The van der Waals surface area contributed by atoms with Crippen molar-refractivity contribution in [2.45, 2.75) is 17.9 Å². The summed E-state index contributed by atoms with van der Waals surface area (Å²) in [6.07, 6.45) is -1.29. The Morgan fingerprint density at radius 3 is 2.07 bits per heavy atom.